The van der Waals surface area contributed by atoms with E-state index in [-0.39, 0.29) is 40.4 Å². The third-order valence-electron chi connectivity index (χ3n) is 21.1. The lowest BCUT2D eigenvalue weighted by molar-refractivity contribution is -0.128. The molecule has 95 heavy (non-hydrogen) atoms. The number of piperidine rings is 3. The number of carbonyl (C=O) groups excluding carboxylic acids is 3. The fourth-order valence-corrected chi connectivity index (χ4v) is 19.7. The van der Waals surface area contributed by atoms with Gasteiger partial charge in [0.25, 0.3) is 0 Å². The van der Waals surface area contributed by atoms with E-state index in [0.29, 0.717) is 102 Å². The van der Waals surface area contributed by atoms with Gasteiger partial charge >= 0.3 is 0 Å². The summed E-state index contributed by atoms with van der Waals surface area (Å²) in [6, 6.07) is 14.5. The van der Waals surface area contributed by atoms with Crippen LogP contribution in [0.4, 0.5) is 0 Å². The molecule has 6 fully saturated rings. The van der Waals surface area contributed by atoms with E-state index in [4.69, 9.17) is 10.7 Å². The number of allylic oxidation sites excluding steroid dienone is 7. The maximum absolute atomic E-state index is 12.9. The predicted molar refractivity (Wildman–Crippen MR) is 389 cm³/mol. The summed E-state index contributed by atoms with van der Waals surface area (Å²) in [5, 5.41) is 14.0. The molecule has 0 unspecified atom stereocenters. The summed E-state index contributed by atoms with van der Waals surface area (Å²) in [5.41, 5.74) is 7.30. The van der Waals surface area contributed by atoms with Crippen molar-refractivity contribution >= 4 is 96.5 Å². The first-order valence-corrected chi connectivity index (χ1v) is 41.8. The molecule has 21 heteroatoms. The van der Waals surface area contributed by atoms with E-state index < -0.39 is 39.9 Å². The van der Waals surface area contributed by atoms with Gasteiger partial charge in [-0.05, 0) is 206 Å². The highest BCUT2D eigenvalue weighted by atomic mass is 79.9. The Kier molecular flexibility index (Phi) is 27.1. The monoisotopic (exact) mass is 1440 g/mol. The number of unbranched alkanes of at least 4 members (excludes halogenated alkanes) is 3. The largest absolute Gasteiger partial charge is 0.361 e. The minimum atomic E-state index is -3.30. The van der Waals surface area contributed by atoms with Crippen LogP contribution in [0, 0.1) is 34.0 Å². The van der Waals surface area contributed by atoms with Crippen LogP contribution in [0.3, 0.4) is 0 Å². The molecule has 16 nitrogen and oxygen atoms in total. The second-order valence-corrected chi connectivity index (χ2v) is 35.6. The first-order chi connectivity index (χ1) is 45.7. The Labute approximate surface area is 579 Å². The quantitative estimate of drug-likeness (QED) is 0.0460. The number of rotatable bonds is 18. The molecule has 3 amide bonds. The fraction of sp³-hybridized carbons (Fsp3) is 0.581. The number of amides is 3. The number of benzene rings is 2. The zero-order valence-corrected chi connectivity index (χ0v) is 60.5. The molecule has 3 saturated carbocycles. The highest BCUT2D eigenvalue weighted by Crippen LogP contribution is 2.45. The summed E-state index contributed by atoms with van der Waals surface area (Å²) in [6.07, 6.45) is 48.4. The third-order valence-corrected chi connectivity index (χ3v) is 27.0. The van der Waals surface area contributed by atoms with Gasteiger partial charge in [0.2, 0.25) is 46.8 Å². The lowest BCUT2D eigenvalue weighted by Crippen LogP contribution is -2.46. The molecule has 13 rings (SSSR count). The van der Waals surface area contributed by atoms with Crippen LogP contribution in [0.5, 0.6) is 0 Å². The molecule has 3 saturated heterocycles. The van der Waals surface area contributed by atoms with Gasteiger partial charge in [-0.1, -0.05) is 134 Å². The predicted octanol–water partition coefficient (Wildman–Crippen LogP) is 14.4. The zero-order valence-electron chi connectivity index (χ0n) is 55.7. The van der Waals surface area contributed by atoms with Crippen LogP contribution in [0.25, 0.3) is 23.1 Å². The number of nitrogens with one attached hydrogen (secondary N) is 5. The Morgan fingerprint density at radius 3 is 1.45 bits per heavy atom. The number of nitrogens with zero attached hydrogens (tertiary/aromatic N) is 2. The fourth-order valence-electron chi connectivity index (χ4n) is 15.4. The van der Waals surface area contributed by atoms with E-state index in [1.807, 2.05) is 18.3 Å². The van der Waals surface area contributed by atoms with E-state index >= 15 is 0 Å². The molecule has 520 valence electrons. The van der Waals surface area contributed by atoms with Gasteiger partial charge in [0.1, 0.15) is 0 Å². The topological polar surface area (TPSA) is 224 Å². The van der Waals surface area contributed by atoms with Crippen LogP contribution in [0.1, 0.15) is 190 Å². The van der Waals surface area contributed by atoms with Crippen LogP contribution < -0.4 is 21.3 Å². The van der Waals surface area contributed by atoms with Crippen molar-refractivity contribution in [3.05, 3.63) is 143 Å². The number of hydrogen-bond acceptors (Lipinski definition) is 10. The van der Waals surface area contributed by atoms with Gasteiger partial charge in [0, 0.05) is 75.5 Å². The van der Waals surface area contributed by atoms with Gasteiger partial charge in [0.15, 0.2) is 0 Å². The van der Waals surface area contributed by atoms with Crippen molar-refractivity contribution in [3.63, 3.8) is 0 Å². The number of aromatic nitrogens is 1. The normalized spacial score (nSPS) is 22.2. The maximum atomic E-state index is 12.9. The van der Waals surface area contributed by atoms with E-state index in [1.54, 1.807) is 20.8 Å². The molecular formula is C74H103BrClN7O9S3. The Hall–Kier alpha value is -4.93. The Morgan fingerprint density at radius 2 is 1.00 bits per heavy atom. The van der Waals surface area contributed by atoms with E-state index in [0.717, 1.165) is 80.3 Å². The second kappa shape index (κ2) is 34.7. The summed E-state index contributed by atoms with van der Waals surface area (Å²) < 4.78 is 75.6. The van der Waals surface area contributed by atoms with Crippen molar-refractivity contribution < 1.29 is 39.6 Å². The molecule has 3 aromatic rings. The third kappa shape index (κ3) is 20.1. The van der Waals surface area contributed by atoms with Crippen LogP contribution >= 0.6 is 26.6 Å². The SMILES string of the molecule is Brc1cccc2[nH]ccc12.C=CCCCS(=O)(=O)Cl.C=CCCCS(=O)(=O)N1CCC2(C=C(C3CCCCC3)NC2=O)CC1.O=C1NC(C2CCCCC2)=CC12CCN(S(=O)(=O)CCC/C=C/c1cccc3c1C=CC3)CC2.O=C1NC(C2CCCCC2)=CC12CCNCC2. The molecule has 10 aliphatic rings. The van der Waals surface area contributed by atoms with E-state index in [2.05, 4.69) is 128 Å². The minimum Gasteiger partial charge on any atom is -0.361 e. The van der Waals surface area contributed by atoms with Crippen molar-refractivity contribution in [1.29, 1.82) is 0 Å². The standard InChI is InChI=1S/C28H36N2O3S.C19H30N2O3S.C14H22N2O.C8H6BrN.C5H9ClO2S/c31-27-28(21-26(29-27)24-10-3-1-4-11-24)16-18-30(19-17-28)34(32,33)20-6-2-5-9-22-12-7-13-23-14-8-15-25(22)23;1-2-3-7-14-25(23,24)21-12-10-19(11-13-21)15-17(20-18(19)22)16-8-5-4-6-9-16;17-13-14(6-8-15-9-7-14)10-12(16-13)11-4-2-1-3-5-11;9-7-2-1-3-8-6(7)4-5-10-8;1-2-3-4-5-9(6,7)8/h5,7-9,12-13,15,21,24H,1-4,6,10-11,14,16-20H2,(H,29,31);2,15-16H,1,3-14H2,(H,20,22);10-11,15H,1-9H2,(H,16,17);1-5,10H;2H,1,3-5H2/b9-5+;;;;. The molecule has 1 aromatic heterocycles. The van der Waals surface area contributed by atoms with Gasteiger partial charge in [0.05, 0.1) is 33.5 Å². The maximum Gasteiger partial charge on any atom is 0.234 e. The average Bonchev–Trinajstić information content (AvgIpc) is 1.69. The molecule has 0 bridgehead atoms. The lowest BCUT2D eigenvalue weighted by Gasteiger charge is -2.35. The highest BCUT2D eigenvalue weighted by Gasteiger charge is 2.49. The molecule has 2 aromatic carbocycles. The van der Waals surface area contributed by atoms with Gasteiger partial charge < -0.3 is 26.3 Å². The van der Waals surface area contributed by atoms with Crippen molar-refractivity contribution in [2.75, 3.05) is 56.5 Å². The Morgan fingerprint density at radius 1 is 0.558 bits per heavy atom. The Bertz CT molecular complexity index is 3650. The summed E-state index contributed by atoms with van der Waals surface area (Å²) >= 11 is 3.46. The molecule has 7 heterocycles. The molecule has 0 atom stereocenters. The van der Waals surface area contributed by atoms with Gasteiger partial charge in [-0.15, -0.1) is 13.2 Å². The second-order valence-electron chi connectivity index (χ2n) is 27.7. The van der Waals surface area contributed by atoms with Gasteiger partial charge in [-0.2, -0.15) is 0 Å². The van der Waals surface area contributed by atoms with Gasteiger partial charge in [-0.3, -0.25) is 14.4 Å². The van der Waals surface area contributed by atoms with Crippen molar-refractivity contribution in [1.82, 2.24) is 34.9 Å². The first-order valence-electron chi connectivity index (χ1n) is 35.3. The molecule has 4 aliphatic carbocycles. The summed E-state index contributed by atoms with van der Waals surface area (Å²) in [6.45, 7) is 10.8. The van der Waals surface area contributed by atoms with Crippen LogP contribution in [0.2, 0.25) is 0 Å². The molecule has 3 spiro atoms. The number of H-pyrrole nitrogens is 1. The molecule has 6 aliphatic heterocycles. The number of fused-ring (bicyclic) bond motifs is 2. The van der Waals surface area contributed by atoms with Crippen LogP contribution in [-0.2, 0) is 49.9 Å². The van der Waals surface area contributed by atoms with Crippen LogP contribution in [0.15, 0.2) is 126 Å². The molecular weight excluding hydrogens is 1340 g/mol. The lowest BCUT2D eigenvalue weighted by atomic mass is 9.78. The molecule has 5 N–H and O–H groups in total. The zero-order chi connectivity index (χ0) is 67.5. The minimum absolute atomic E-state index is 0.0422. The van der Waals surface area contributed by atoms with E-state index in [9.17, 15) is 39.6 Å². The number of sulfonamides is 2. The van der Waals surface area contributed by atoms with Crippen molar-refractivity contribution in [2.45, 2.75) is 180 Å². The molecule has 0 radical (unpaired) electrons. The number of hydrogen-bond donors (Lipinski definition) is 5. The highest BCUT2D eigenvalue weighted by molar-refractivity contribution is 9.10. The average molecular weight is 1450 g/mol. The van der Waals surface area contributed by atoms with Gasteiger partial charge in [-0.25, -0.2) is 33.9 Å². The van der Waals surface area contributed by atoms with Crippen molar-refractivity contribution in [2.24, 2.45) is 34.0 Å². The number of carbonyl (C=O) groups is 3. The number of aromatic amines is 1. The Balaban J connectivity index is 0.000000152. The smallest absolute Gasteiger partial charge is 0.234 e. The number of halogens is 2. The summed E-state index contributed by atoms with van der Waals surface area (Å²) in [7, 11) is -4.89. The summed E-state index contributed by atoms with van der Waals surface area (Å²) in [4.78, 5) is 40.8. The van der Waals surface area contributed by atoms with E-state index in [1.165, 1.54) is 104 Å². The summed E-state index contributed by atoms with van der Waals surface area (Å²) in [5.74, 6) is 2.38. The van der Waals surface area contributed by atoms with Crippen LogP contribution in [-0.4, -0.2) is 113 Å². The first kappa shape index (κ1) is 74.3. The van der Waals surface area contributed by atoms with Crippen molar-refractivity contribution in [3.8, 4) is 0 Å².